The molecule has 0 saturated carbocycles. The minimum absolute atomic E-state index is 0.0911. The van der Waals surface area contributed by atoms with Gasteiger partial charge in [-0.3, -0.25) is 9.59 Å². The molecule has 1 aromatic rings. The molecule has 0 aliphatic carbocycles. The second kappa shape index (κ2) is 5.48. The number of imide groups is 1. The van der Waals surface area contributed by atoms with Crippen LogP contribution in [0.1, 0.15) is 24.0 Å². The van der Waals surface area contributed by atoms with Crippen LogP contribution in [0, 0.1) is 6.92 Å². The van der Waals surface area contributed by atoms with Gasteiger partial charge in [-0.1, -0.05) is 29.8 Å². The normalized spacial score (nSPS) is 15.3. The molecule has 1 aliphatic rings. The third-order valence-electron chi connectivity index (χ3n) is 2.68. The number of carbonyl (C=O) groups excluding carboxylic acids is 3. The monoisotopic (exact) mass is 259 g/mol. The fourth-order valence-corrected chi connectivity index (χ4v) is 1.62. The first-order chi connectivity index (χ1) is 9.06. The molecule has 0 aromatic heterocycles. The van der Waals surface area contributed by atoms with Crippen molar-refractivity contribution in [2.75, 3.05) is 0 Å². The van der Waals surface area contributed by atoms with E-state index >= 15 is 0 Å². The molecular formula is C14H13NO4. The Labute approximate surface area is 110 Å². The Kier molecular flexibility index (Phi) is 3.75. The Morgan fingerprint density at radius 2 is 1.74 bits per heavy atom. The van der Waals surface area contributed by atoms with Gasteiger partial charge in [0.05, 0.1) is 0 Å². The van der Waals surface area contributed by atoms with E-state index in [2.05, 4.69) is 4.84 Å². The highest BCUT2D eigenvalue weighted by Crippen LogP contribution is 2.12. The van der Waals surface area contributed by atoms with Crippen molar-refractivity contribution < 1.29 is 19.2 Å². The maximum absolute atomic E-state index is 11.5. The number of hydrogen-bond donors (Lipinski definition) is 0. The average Bonchev–Trinajstić information content (AvgIpc) is 2.70. The SMILES string of the molecule is Cc1ccc(/C=C/C(=O)ON2C(=O)CCC2=O)cc1. The van der Waals surface area contributed by atoms with Gasteiger partial charge in [-0.25, -0.2) is 4.79 Å². The van der Waals surface area contributed by atoms with Gasteiger partial charge < -0.3 is 4.84 Å². The van der Waals surface area contributed by atoms with Crippen molar-refractivity contribution in [3.05, 3.63) is 41.5 Å². The lowest BCUT2D eigenvalue weighted by Crippen LogP contribution is -2.31. The van der Waals surface area contributed by atoms with Gasteiger partial charge in [0.25, 0.3) is 11.8 Å². The lowest BCUT2D eigenvalue weighted by atomic mass is 10.1. The van der Waals surface area contributed by atoms with Gasteiger partial charge in [-0.05, 0) is 18.6 Å². The molecule has 98 valence electrons. The maximum atomic E-state index is 11.5. The van der Waals surface area contributed by atoms with Crippen LogP contribution >= 0.6 is 0 Å². The first kappa shape index (κ1) is 13.0. The molecule has 0 atom stereocenters. The van der Waals surface area contributed by atoms with Crippen LogP contribution in [0.15, 0.2) is 30.3 Å². The highest BCUT2D eigenvalue weighted by atomic mass is 16.7. The van der Waals surface area contributed by atoms with Gasteiger partial charge in [-0.15, -0.1) is 5.06 Å². The van der Waals surface area contributed by atoms with Crippen LogP contribution in [-0.2, 0) is 19.2 Å². The van der Waals surface area contributed by atoms with Gasteiger partial charge in [-0.2, -0.15) is 0 Å². The Hall–Kier alpha value is -2.43. The lowest BCUT2D eigenvalue weighted by molar-refractivity contribution is -0.193. The number of hydrogen-bond acceptors (Lipinski definition) is 4. The maximum Gasteiger partial charge on any atom is 0.356 e. The molecule has 0 unspecified atom stereocenters. The number of benzene rings is 1. The molecule has 0 bridgehead atoms. The summed E-state index contributed by atoms with van der Waals surface area (Å²) in [7, 11) is 0. The van der Waals surface area contributed by atoms with E-state index in [9.17, 15) is 14.4 Å². The second-order valence-electron chi connectivity index (χ2n) is 4.24. The summed E-state index contributed by atoms with van der Waals surface area (Å²) in [5.74, 6) is -1.71. The molecule has 19 heavy (non-hydrogen) atoms. The minimum Gasteiger partial charge on any atom is -0.326 e. The van der Waals surface area contributed by atoms with Crippen molar-refractivity contribution >= 4 is 23.9 Å². The molecule has 1 fully saturated rings. The van der Waals surface area contributed by atoms with E-state index < -0.39 is 17.8 Å². The number of hydroxylamine groups is 2. The average molecular weight is 259 g/mol. The van der Waals surface area contributed by atoms with Crippen LogP contribution in [0.3, 0.4) is 0 Å². The van der Waals surface area contributed by atoms with E-state index in [0.29, 0.717) is 5.06 Å². The summed E-state index contributed by atoms with van der Waals surface area (Å²) in [6.45, 7) is 1.96. The van der Waals surface area contributed by atoms with Crippen molar-refractivity contribution in [2.24, 2.45) is 0 Å². The van der Waals surface area contributed by atoms with Gasteiger partial charge in [0.15, 0.2) is 0 Å². The van der Waals surface area contributed by atoms with Crippen molar-refractivity contribution in [3.63, 3.8) is 0 Å². The number of amides is 2. The Morgan fingerprint density at radius 1 is 1.16 bits per heavy atom. The molecule has 5 nitrogen and oxygen atoms in total. The van der Waals surface area contributed by atoms with Gasteiger partial charge >= 0.3 is 5.97 Å². The van der Waals surface area contributed by atoms with Crippen LogP contribution in [0.25, 0.3) is 6.08 Å². The molecule has 1 aliphatic heterocycles. The summed E-state index contributed by atoms with van der Waals surface area (Å²) < 4.78 is 0. The molecule has 1 saturated heterocycles. The fourth-order valence-electron chi connectivity index (χ4n) is 1.62. The lowest BCUT2D eigenvalue weighted by Gasteiger charge is -2.10. The summed E-state index contributed by atoms with van der Waals surface area (Å²) in [5, 5.41) is 0.530. The van der Waals surface area contributed by atoms with Crippen molar-refractivity contribution in [2.45, 2.75) is 19.8 Å². The highest BCUT2D eigenvalue weighted by Gasteiger charge is 2.32. The Bertz CT molecular complexity index is 529. The van der Waals surface area contributed by atoms with Gasteiger partial charge in [0.1, 0.15) is 0 Å². The summed E-state index contributed by atoms with van der Waals surface area (Å²) in [6, 6.07) is 7.54. The van der Waals surface area contributed by atoms with Crippen molar-refractivity contribution in [1.82, 2.24) is 5.06 Å². The first-order valence-corrected chi connectivity index (χ1v) is 5.89. The molecule has 1 heterocycles. The number of rotatable bonds is 3. The zero-order valence-electron chi connectivity index (χ0n) is 10.5. The van der Waals surface area contributed by atoms with Crippen LogP contribution in [0.5, 0.6) is 0 Å². The largest absolute Gasteiger partial charge is 0.356 e. The van der Waals surface area contributed by atoms with E-state index in [0.717, 1.165) is 11.1 Å². The molecular weight excluding hydrogens is 246 g/mol. The summed E-state index contributed by atoms with van der Waals surface area (Å²) in [6.07, 6.45) is 2.93. The standard InChI is InChI=1S/C14H13NO4/c1-10-2-4-11(5-3-10)6-9-14(18)19-15-12(16)7-8-13(15)17/h2-6,9H,7-8H2,1H3/b9-6+. The van der Waals surface area contributed by atoms with E-state index in [-0.39, 0.29) is 12.8 Å². The molecule has 2 rings (SSSR count). The van der Waals surface area contributed by atoms with E-state index in [4.69, 9.17) is 0 Å². The Balaban J connectivity index is 1.96. The van der Waals surface area contributed by atoms with Crippen LogP contribution in [0.2, 0.25) is 0 Å². The van der Waals surface area contributed by atoms with Crippen molar-refractivity contribution in [3.8, 4) is 0 Å². The van der Waals surface area contributed by atoms with Crippen LogP contribution < -0.4 is 0 Å². The predicted molar refractivity (Wildman–Crippen MR) is 67.4 cm³/mol. The Morgan fingerprint density at radius 3 is 2.32 bits per heavy atom. The molecule has 0 radical (unpaired) electrons. The second-order valence-corrected chi connectivity index (χ2v) is 4.24. The van der Waals surface area contributed by atoms with E-state index in [1.54, 1.807) is 6.08 Å². The predicted octanol–water partition coefficient (Wildman–Crippen LogP) is 1.62. The molecule has 1 aromatic carbocycles. The van der Waals surface area contributed by atoms with Gasteiger partial charge in [0.2, 0.25) is 0 Å². The van der Waals surface area contributed by atoms with Crippen LogP contribution in [-0.4, -0.2) is 22.8 Å². The quantitative estimate of drug-likeness (QED) is 0.611. The van der Waals surface area contributed by atoms with Gasteiger partial charge in [0, 0.05) is 18.9 Å². The first-order valence-electron chi connectivity index (χ1n) is 5.89. The summed E-state index contributed by atoms with van der Waals surface area (Å²) in [4.78, 5) is 38.6. The number of nitrogens with zero attached hydrogens (tertiary/aromatic N) is 1. The summed E-state index contributed by atoms with van der Waals surface area (Å²) in [5.41, 5.74) is 1.95. The molecule has 0 spiro atoms. The van der Waals surface area contributed by atoms with E-state index in [1.807, 2.05) is 31.2 Å². The van der Waals surface area contributed by atoms with Crippen molar-refractivity contribution in [1.29, 1.82) is 0 Å². The smallest absolute Gasteiger partial charge is 0.326 e. The molecule has 0 N–H and O–H groups in total. The highest BCUT2D eigenvalue weighted by molar-refractivity contribution is 6.02. The molecule has 5 heteroatoms. The summed E-state index contributed by atoms with van der Waals surface area (Å²) >= 11 is 0. The topological polar surface area (TPSA) is 63.7 Å². The fraction of sp³-hybridized carbons (Fsp3) is 0.214. The zero-order chi connectivity index (χ0) is 13.8. The number of carbonyl (C=O) groups is 3. The zero-order valence-corrected chi connectivity index (χ0v) is 10.5. The minimum atomic E-state index is -0.746. The molecule has 2 amide bonds. The number of aryl methyl sites for hydroxylation is 1. The third kappa shape index (κ3) is 3.28. The van der Waals surface area contributed by atoms with E-state index in [1.165, 1.54) is 6.08 Å². The third-order valence-corrected chi connectivity index (χ3v) is 2.68. The van der Waals surface area contributed by atoms with Crippen LogP contribution in [0.4, 0.5) is 0 Å².